The Kier molecular flexibility index (Phi) is 6.39. The lowest BCUT2D eigenvalue weighted by Gasteiger charge is -2.17. The molecule has 0 aliphatic carbocycles. The van der Waals surface area contributed by atoms with Gasteiger partial charge in [-0.15, -0.1) is 0 Å². The van der Waals surface area contributed by atoms with Crippen LogP contribution in [0.25, 0.3) is 0 Å². The summed E-state index contributed by atoms with van der Waals surface area (Å²) >= 11 is 0. The second-order valence-electron chi connectivity index (χ2n) is 6.32. The van der Waals surface area contributed by atoms with Crippen LogP contribution in [0.15, 0.2) is 36.9 Å². The summed E-state index contributed by atoms with van der Waals surface area (Å²) in [5, 5.41) is 15.5. The Labute approximate surface area is 154 Å². The van der Waals surface area contributed by atoms with E-state index in [1.807, 2.05) is 39.0 Å². The molecule has 1 aromatic carbocycles. The summed E-state index contributed by atoms with van der Waals surface area (Å²) in [6.07, 6.45) is 2.85. The molecule has 0 atom stereocenters. The SMILES string of the molecule is C=CCOc1cc(C)[n+]([O-])c(CCC)c1C(=O)Nc1cccc(C)c1C. The number of aromatic nitrogens is 1. The van der Waals surface area contributed by atoms with Gasteiger partial charge in [-0.2, -0.15) is 4.73 Å². The molecule has 1 heterocycles. The monoisotopic (exact) mass is 354 g/mol. The summed E-state index contributed by atoms with van der Waals surface area (Å²) in [7, 11) is 0. The summed E-state index contributed by atoms with van der Waals surface area (Å²) in [6, 6.07) is 7.34. The van der Waals surface area contributed by atoms with Gasteiger partial charge >= 0.3 is 0 Å². The van der Waals surface area contributed by atoms with Gasteiger partial charge in [-0.25, -0.2) is 0 Å². The van der Waals surface area contributed by atoms with E-state index >= 15 is 0 Å². The molecule has 0 radical (unpaired) electrons. The molecule has 0 spiro atoms. The van der Waals surface area contributed by atoms with Gasteiger partial charge < -0.3 is 15.3 Å². The van der Waals surface area contributed by atoms with E-state index in [4.69, 9.17) is 4.74 Å². The fraction of sp³-hybridized carbons (Fsp3) is 0.333. The topological polar surface area (TPSA) is 65.3 Å². The Morgan fingerprint density at radius 3 is 2.73 bits per heavy atom. The third kappa shape index (κ3) is 4.04. The highest BCUT2D eigenvalue weighted by molar-refractivity contribution is 6.07. The van der Waals surface area contributed by atoms with Crippen LogP contribution in [0.3, 0.4) is 0 Å². The zero-order chi connectivity index (χ0) is 19.3. The second-order valence-corrected chi connectivity index (χ2v) is 6.32. The number of aryl methyl sites for hydroxylation is 2. The molecule has 1 N–H and O–H groups in total. The first-order chi connectivity index (χ1) is 12.4. The number of hydrogen-bond acceptors (Lipinski definition) is 3. The fourth-order valence-electron chi connectivity index (χ4n) is 2.82. The Balaban J connectivity index is 2.53. The summed E-state index contributed by atoms with van der Waals surface area (Å²) < 4.78 is 6.51. The minimum Gasteiger partial charge on any atom is -0.618 e. The number of benzene rings is 1. The van der Waals surface area contributed by atoms with Crippen LogP contribution in [0.5, 0.6) is 5.75 Å². The Bertz CT molecular complexity index is 828. The van der Waals surface area contributed by atoms with Crippen LogP contribution in [0.4, 0.5) is 5.69 Å². The van der Waals surface area contributed by atoms with Crippen molar-refractivity contribution in [2.75, 3.05) is 11.9 Å². The molecule has 0 saturated carbocycles. The molecule has 138 valence electrons. The van der Waals surface area contributed by atoms with Crippen LogP contribution in [-0.2, 0) is 6.42 Å². The van der Waals surface area contributed by atoms with E-state index in [-0.39, 0.29) is 18.1 Å². The molecule has 26 heavy (non-hydrogen) atoms. The Morgan fingerprint density at radius 2 is 2.08 bits per heavy atom. The average Bonchev–Trinajstić information content (AvgIpc) is 2.61. The molecule has 5 nitrogen and oxygen atoms in total. The van der Waals surface area contributed by atoms with Crippen LogP contribution >= 0.6 is 0 Å². The molecule has 2 rings (SSSR count). The second kappa shape index (κ2) is 8.52. The standard InChI is InChI=1S/C21H26N2O3/c1-6-9-18-20(19(26-12-7-2)13-15(4)23(18)25)21(24)22-17-11-8-10-14(3)16(17)5/h7-8,10-11,13H,2,6,9,12H2,1,3-5H3,(H,22,24). The van der Waals surface area contributed by atoms with Crippen molar-refractivity contribution in [3.8, 4) is 5.75 Å². The molecular formula is C21H26N2O3. The molecule has 0 bridgehead atoms. The Hall–Kier alpha value is -2.82. The van der Waals surface area contributed by atoms with Crippen molar-refractivity contribution in [3.63, 3.8) is 0 Å². The number of pyridine rings is 1. The molecule has 2 aromatic rings. The highest BCUT2D eigenvalue weighted by atomic mass is 16.5. The van der Waals surface area contributed by atoms with Crippen molar-refractivity contribution in [1.29, 1.82) is 0 Å². The molecular weight excluding hydrogens is 328 g/mol. The number of rotatable bonds is 7. The highest BCUT2D eigenvalue weighted by Gasteiger charge is 2.26. The quantitative estimate of drug-likeness (QED) is 0.464. The van der Waals surface area contributed by atoms with Gasteiger partial charge in [0.1, 0.15) is 17.9 Å². The maximum Gasteiger partial charge on any atom is 0.265 e. The number of nitrogens with zero attached hydrogens (tertiary/aromatic N) is 1. The van der Waals surface area contributed by atoms with Crippen LogP contribution in [0, 0.1) is 26.0 Å². The molecule has 0 unspecified atom stereocenters. The van der Waals surface area contributed by atoms with Crippen molar-refractivity contribution in [2.24, 2.45) is 0 Å². The molecule has 5 heteroatoms. The number of nitrogens with one attached hydrogen (secondary N) is 1. The normalized spacial score (nSPS) is 10.5. The predicted molar refractivity (Wildman–Crippen MR) is 104 cm³/mol. The molecule has 0 fully saturated rings. The average molecular weight is 354 g/mol. The van der Waals surface area contributed by atoms with Gasteiger partial charge in [0.05, 0.1) is 0 Å². The van der Waals surface area contributed by atoms with Gasteiger partial charge in [0, 0.05) is 25.1 Å². The number of carbonyl (C=O) groups excluding carboxylic acids is 1. The van der Waals surface area contributed by atoms with Crippen molar-refractivity contribution in [3.05, 3.63) is 70.2 Å². The van der Waals surface area contributed by atoms with Crippen molar-refractivity contribution < 1.29 is 14.3 Å². The van der Waals surface area contributed by atoms with E-state index in [9.17, 15) is 10.0 Å². The minimum atomic E-state index is -0.342. The van der Waals surface area contributed by atoms with Gasteiger partial charge in [-0.3, -0.25) is 4.79 Å². The van der Waals surface area contributed by atoms with Gasteiger partial charge in [-0.05, 0) is 37.5 Å². The van der Waals surface area contributed by atoms with Crippen LogP contribution in [-0.4, -0.2) is 12.5 Å². The first-order valence-corrected chi connectivity index (χ1v) is 8.78. The zero-order valence-electron chi connectivity index (χ0n) is 15.9. The van der Waals surface area contributed by atoms with E-state index in [1.165, 1.54) is 0 Å². The lowest BCUT2D eigenvalue weighted by Crippen LogP contribution is -2.38. The third-order valence-electron chi connectivity index (χ3n) is 4.36. The van der Waals surface area contributed by atoms with Gasteiger partial charge in [0.25, 0.3) is 5.91 Å². The molecule has 1 aromatic heterocycles. The van der Waals surface area contributed by atoms with Crippen molar-refractivity contribution >= 4 is 11.6 Å². The summed E-state index contributed by atoms with van der Waals surface area (Å²) in [5.74, 6) is 0.0616. The first kappa shape index (κ1) is 19.5. The smallest absolute Gasteiger partial charge is 0.265 e. The summed E-state index contributed by atoms with van der Waals surface area (Å²) in [5.41, 5.74) is 4.02. The van der Waals surface area contributed by atoms with E-state index in [2.05, 4.69) is 11.9 Å². The first-order valence-electron chi connectivity index (χ1n) is 8.78. The fourth-order valence-corrected chi connectivity index (χ4v) is 2.82. The number of carbonyl (C=O) groups is 1. The van der Waals surface area contributed by atoms with E-state index in [1.54, 1.807) is 19.1 Å². The number of ether oxygens (including phenoxy) is 1. The molecule has 1 amide bonds. The maximum atomic E-state index is 13.1. The van der Waals surface area contributed by atoms with Gasteiger partial charge in [-0.1, -0.05) is 31.7 Å². The van der Waals surface area contributed by atoms with E-state index in [0.29, 0.717) is 23.6 Å². The van der Waals surface area contributed by atoms with Gasteiger partial charge in [0.2, 0.25) is 5.69 Å². The predicted octanol–water partition coefficient (Wildman–Crippen LogP) is 4.01. The van der Waals surface area contributed by atoms with Crippen LogP contribution in [0.1, 0.15) is 46.2 Å². The highest BCUT2D eigenvalue weighted by Crippen LogP contribution is 2.26. The third-order valence-corrected chi connectivity index (χ3v) is 4.36. The Morgan fingerprint density at radius 1 is 1.35 bits per heavy atom. The van der Waals surface area contributed by atoms with Crippen LogP contribution in [0.2, 0.25) is 0 Å². The molecule has 0 saturated heterocycles. The molecule has 0 aliphatic rings. The lowest BCUT2D eigenvalue weighted by molar-refractivity contribution is -0.621. The number of amides is 1. The lowest BCUT2D eigenvalue weighted by atomic mass is 10.0. The van der Waals surface area contributed by atoms with E-state index in [0.717, 1.165) is 28.0 Å². The minimum absolute atomic E-state index is 0.262. The summed E-state index contributed by atoms with van der Waals surface area (Å²) in [4.78, 5) is 13.1. The van der Waals surface area contributed by atoms with Gasteiger partial charge in [0.15, 0.2) is 5.69 Å². The zero-order valence-corrected chi connectivity index (χ0v) is 15.9. The van der Waals surface area contributed by atoms with Crippen molar-refractivity contribution in [1.82, 2.24) is 0 Å². The number of anilines is 1. The summed E-state index contributed by atoms with van der Waals surface area (Å²) in [6.45, 7) is 11.5. The van der Waals surface area contributed by atoms with Crippen LogP contribution < -0.4 is 14.8 Å². The maximum absolute atomic E-state index is 13.1. The number of hydrogen-bond donors (Lipinski definition) is 1. The van der Waals surface area contributed by atoms with E-state index < -0.39 is 0 Å². The molecule has 0 aliphatic heterocycles. The van der Waals surface area contributed by atoms with Crippen molar-refractivity contribution in [2.45, 2.75) is 40.5 Å². The largest absolute Gasteiger partial charge is 0.618 e.